The fourth-order valence-corrected chi connectivity index (χ4v) is 12.0. The van der Waals surface area contributed by atoms with Crippen molar-refractivity contribution in [2.45, 2.75) is 117 Å². The molecule has 6 aliphatic rings. The summed E-state index contributed by atoms with van der Waals surface area (Å²) in [5.74, 6) is 1.83. The molecule has 0 radical (unpaired) electrons. The number of aliphatic hydroxyl groups is 1. The first-order valence-electron chi connectivity index (χ1n) is 14.3. The lowest BCUT2D eigenvalue weighted by atomic mass is 9.32. The second kappa shape index (κ2) is 6.82. The minimum absolute atomic E-state index is 0.0223. The van der Waals surface area contributed by atoms with Crippen molar-refractivity contribution in [3.05, 3.63) is 0 Å². The van der Waals surface area contributed by atoms with Crippen molar-refractivity contribution < 1.29 is 19.7 Å². The zero-order valence-electron chi connectivity index (χ0n) is 22.5. The summed E-state index contributed by atoms with van der Waals surface area (Å²) in [6, 6.07) is 0. The molecule has 5 unspecified atom stereocenters. The van der Waals surface area contributed by atoms with Crippen molar-refractivity contribution in [2.24, 2.45) is 56.7 Å². The molecule has 1 aliphatic heterocycles. The van der Waals surface area contributed by atoms with Crippen LogP contribution in [0.2, 0.25) is 0 Å². The van der Waals surface area contributed by atoms with E-state index in [1.807, 2.05) is 0 Å². The molecular formula is C30H48O4. The summed E-state index contributed by atoms with van der Waals surface area (Å²) in [6.07, 6.45) is 10.5. The molecule has 34 heavy (non-hydrogen) atoms. The van der Waals surface area contributed by atoms with E-state index in [-0.39, 0.29) is 39.3 Å². The third-order valence-corrected chi connectivity index (χ3v) is 14.2. The minimum Gasteiger partial charge on any atom is -0.481 e. The van der Waals surface area contributed by atoms with Gasteiger partial charge in [0.15, 0.2) is 0 Å². The van der Waals surface area contributed by atoms with Gasteiger partial charge in [-0.1, -0.05) is 34.6 Å². The van der Waals surface area contributed by atoms with Gasteiger partial charge in [0, 0.05) is 0 Å². The topological polar surface area (TPSA) is 70.1 Å². The van der Waals surface area contributed by atoms with Gasteiger partial charge >= 0.3 is 5.97 Å². The molecule has 5 saturated carbocycles. The van der Waals surface area contributed by atoms with Crippen molar-refractivity contribution in [1.29, 1.82) is 0 Å². The number of epoxide rings is 1. The van der Waals surface area contributed by atoms with Crippen LogP contribution in [0.25, 0.3) is 0 Å². The second-order valence-corrected chi connectivity index (χ2v) is 15.3. The van der Waals surface area contributed by atoms with E-state index in [4.69, 9.17) is 4.74 Å². The fraction of sp³-hybridized carbons (Fsp3) is 0.967. The zero-order chi connectivity index (χ0) is 24.5. The normalized spacial score (nSPS) is 59.9. The van der Waals surface area contributed by atoms with Crippen LogP contribution < -0.4 is 0 Å². The Balaban J connectivity index is 1.41. The van der Waals surface area contributed by atoms with Crippen LogP contribution in [-0.2, 0) is 9.53 Å². The second-order valence-electron chi connectivity index (χ2n) is 15.3. The predicted octanol–water partition coefficient (Wildman–Crippen LogP) is 6.30. The van der Waals surface area contributed by atoms with Crippen molar-refractivity contribution in [3.63, 3.8) is 0 Å². The summed E-state index contributed by atoms with van der Waals surface area (Å²) < 4.78 is 6.00. The third-order valence-electron chi connectivity index (χ3n) is 14.2. The number of hydrogen-bond acceptors (Lipinski definition) is 3. The Kier molecular flexibility index (Phi) is 4.77. The number of aliphatic carboxylic acids is 1. The standard InChI is InChI=1S/C30H48O4/c1-25(2)20-10-13-28(5)21(26(20,3)12-11-22(25)31)8-7-18-23-19(29(6)17-34-29)9-14-30(23,24(32)33)16-15-27(18,28)4/h18-23,31H,7-17H2,1-6H3,(H,32,33)/t18?,19-,20?,21?,22+,23?,26+,27-,28-,29?,30+/m1/s1. The fourth-order valence-electron chi connectivity index (χ4n) is 12.0. The predicted molar refractivity (Wildman–Crippen MR) is 132 cm³/mol. The monoisotopic (exact) mass is 472 g/mol. The number of carboxylic acids is 1. The summed E-state index contributed by atoms with van der Waals surface area (Å²) in [6.45, 7) is 15.4. The van der Waals surface area contributed by atoms with E-state index in [0.717, 1.165) is 45.1 Å². The molecule has 0 aromatic carbocycles. The van der Waals surface area contributed by atoms with Crippen LogP contribution in [0.3, 0.4) is 0 Å². The molecule has 0 spiro atoms. The van der Waals surface area contributed by atoms with Gasteiger partial charge in [-0.15, -0.1) is 0 Å². The van der Waals surface area contributed by atoms with E-state index in [1.54, 1.807) is 0 Å². The van der Waals surface area contributed by atoms with Gasteiger partial charge in [0.05, 0.1) is 23.7 Å². The first-order chi connectivity index (χ1) is 15.8. The molecule has 11 atom stereocenters. The SMILES string of the molecule is CC1([C@@H]2CC[C@]3(C(=O)O)CC[C@]4(C)C(CCC5[C@@]6(C)CC[C@H](O)C(C)(C)C6CC[C@]54C)C23)CO1. The summed E-state index contributed by atoms with van der Waals surface area (Å²) in [7, 11) is 0. The average molecular weight is 473 g/mol. The number of fused-ring (bicyclic) bond motifs is 7. The van der Waals surface area contributed by atoms with E-state index < -0.39 is 11.4 Å². The highest BCUT2D eigenvalue weighted by molar-refractivity contribution is 5.76. The van der Waals surface area contributed by atoms with E-state index in [2.05, 4.69) is 41.5 Å². The Morgan fingerprint density at radius 3 is 2.12 bits per heavy atom. The van der Waals surface area contributed by atoms with Gasteiger partial charge in [-0.05, 0) is 122 Å². The molecule has 4 nitrogen and oxygen atoms in total. The van der Waals surface area contributed by atoms with Gasteiger partial charge in [-0.2, -0.15) is 0 Å². The Morgan fingerprint density at radius 1 is 0.765 bits per heavy atom. The van der Waals surface area contributed by atoms with Gasteiger partial charge in [-0.25, -0.2) is 0 Å². The first-order valence-corrected chi connectivity index (χ1v) is 14.3. The molecule has 0 aromatic heterocycles. The summed E-state index contributed by atoms with van der Waals surface area (Å²) >= 11 is 0. The first kappa shape index (κ1) is 23.8. The highest BCUT2D eigenvalue weighted by Crippen LogP contribution is 2.78. The summed E-state index contributed by atoms with van der Waals surface area (Å²) in [4.78, 5) is 12.9. The Labute approximate surface area is 206 Å². The molecule has 5 aliphatic carbocycles. The van der Waals surface area contributed by atoms with Crippen molar-refractivity contribution in [2.75, 3.05) is 6.61 Å². The molecule has 0 bridgehead atoms. The van der Waals surface area contributed by atoms with Gasteiger partial charge in [-0.3, -0.25) is 4.79 Å². The quantitative estimate of drug-likeness (QED) is 0.463. The Morgan fingerprint density at radius 2 is 1.47 bits per heavy atom. The third kappa shape index (κ3) is 2.61. The maximum Gasteiger partial charge on any atom is 0.309 e. The van der Waals surface area contributed by atoms with E-state index in [1.165, 1.54) is 25.7 Å². The number of ether oxygens (including phenoxy) is 1. The minimum atomic E-state index is -0.537. The molecular weight excluding hydrogens is 424 g/mol. The van der Waals surface area contributed by atoms with Crippen molar-refractivity contribution >= 4 is 5.97 Å². The lowest BCUT2D eigenvalue weighted by molar-refractivity contribution is -0.249. The molecule has 4 heteroatoms. The van der Waals surface area contributed by atoms with Gasteiger partial charge < -0.3 is 14.9 Å². The van der Waals surface area contributed by atoms with Gasteiger partial charge in [0.1, 0.15) is 0 Å². The lowest BCUT2D eigenvalue weighted by Gasteiger charge is -2.72. The molecule has 6 rings (SSSR count). The molecule has 0 aromatic rings. The van der Waals surface area contributed by atoms with E-state index >= 15 is 0 Å². The van der Waals surface area contributed by atoms with Crippen LogP contribution in [0.4, 0.5) is 0 Å². The number of carbonyl (C=O) groups is 1. The highest BCUT2D eigenvalue weighted by atomic mass is 16.6. The maximum atomic E-state index is 12.9. The van der Waals surface area contributed by atoms with Crippen LogP contribution in [0.5, 0.6) is 0 Å². The molecule has 1 saturated heterocycles. The van der Waals surface area contributed by atoms with Crippen molar-refractivity contribution in [1.82, 2.24) is 0 Å². The maximum absolute atomic E-state index is 12.9. The summed E-state index contributed by atoms with van der Waals surface area (Å²) in [5, 5.41) is 21.5. The number of rotatable bonds is 2. The molecule has 0 amide bonds. The highest BCUT2D eigenvalue weighted by Gasteiger charge is 2.73. The average Bonchev–Trinajstić information content (AvgIpc) is 3.37. The Bertz CT molecular complexity index is 892. The largest absolute Gasteiger partial charge is 0.481 e. The molecule has 1 heterocycles. The molecule has 2 N–H and O–H groups in total. The van der Waals surface area contributed by atoms with Crippen LogP contribution in [0, 0.1) is 56.7 Å². The van der Waals surface area contributed by atoms with Crippen LogP contribution >= 0.6 is 0 Å². The van der Waals surface area contributed by atoms with Crippen LogP contribution in [-0.4, -0.2) is 34.5 Å². The molecule has 192 valence electrons. The van der Waals surface area contributed by atoms with Crippen molar-refractivity contribution in [3.8, 4) is 0 Å². The van der Waals surface area contributed by atoms with Crippen LogP contribution in [0.1, 0.15) is 106 Å². The van der Waals surface area contributed by atoms with E-state index in [9.17, 15) is 15.0 Å². The van der Waals surface area contributed by atoms with Gasteiger partial charge in [0.25, 0.3) is 0 Å². The van der Waals surface area contributed by atoms with Crippen LogP contribution in [0.15, 0.2) is 0 Å². The number of carboxylic acid groups (broad SMARTS) is 1. The summed E-state index contributed by atoms with van der Waals surface area (Å²) in [5.41, 5.74) is 0.0393. The molecule has 6 fully saturated rings. The zero-order valence-corrected chi connectivity index (χ0v) is 22.5. The lowest BCUT2D eigenvalue weighted by Crippen LogP contribution is -2.67. The number of hydrogen-bond donors (Lipinski definition) is 2. The van der Waals surface area contributed by atoms with E-state index in [0.29, 0.717) is 23.7 Å². The Hall–Kier alpha value is -0.610. The van der Waals surface area contributed by atoms with Gasteiger partial charge in [0.2, 0.25) is 0 Å². The number of aliphatic hydroxyl groups excluding tert-OH is 1. The smallest absolute Gasteiger partial charge is 0.309 e.